The predicted molar refractivity (Wildman–Crippen MR) is 71.6 cm³/mol. The maximum absolute atomic E-state index is 14.0. The average Bonchev–Trinajstić information content (AvgIpc) is 3.07. The number of benzene rings is 1. The second-order valence-electron chi connectivity index (χ2n) is 4.37. The Balaban J connectivity index is 2.05. The highest BCUT2D eigenvalue weighted by molar-refractivity contribution is 6.16. The van der Waals surface area contributed by atoms with E-state index < -0.39 is 11.6 Å². The number of alkyl halides is 1. The van der Waals surface area contributed by atoms with Crippen molar-refractivity contribution in [3.05, 3.63) is 53.7 Å². The third kappa shape index (κ3) is 2.18. The summed E-state index contributed by atoms with van der Waals surface area (Å²) >= 11 is 5.83. The zero-order chi connectivity index (χ0) is 14.1. The molecule has 3 rings (SSSR count). The van der Waals surface area contributed by atoms with Crippen LogP contribution in [0.1, 0.15) is 11.6 Å². The van der Waals surface area contributed by atoms with Crippen LogP contribution in [0.25, 0.3) is 11.0 Å². The highest BCUT2D eigenvalue weighted by atomic mass is 35.5. The number of rotatable bonds is 4. The number of furan rings is 1. The Morgan fingerprint density at radius 1 is 1.25 bits per heavy atom. The van der Waals surface area contributed by atoms with Crippen molar-refractivity contribution in [1.82, 2.24) is 9.55 Å². The van der Waals surface area contributed by atoms with E-state index in [0.717, 1.165) is 11.8 Å². The average molecular weight is 297 g/mol. The lowest BCUT2D eigenvalue weighted by molar-refractivity contribution is 0.485. The molecule has 0 saturated heterocycles. The van der Waals surface area contributed by atoms with Gasteiger partial charge in [-0.2, -0.15) is 0 Å². The molecule has 3 nitrogen and oxygen atoms in total. The third-order valence-electron chi connectivity index (χ3n) is 3.16. The lowest BCUT2D eigenvalue weighted by Crippen LogP contribution is -2.06. The van der Waals surface area contributed by atoms with Crippen molar-refractivity contribution in [2.75, 3.05) is 0 Å². The summed E-state index contributed by atoms with van der Waals surface area (Å²) in [4.78, 5) is 4.23. The minimum Gasteiger partial charge on any atom is -0.469 e. The molecule has 0 bridgehead atoms. The maximum atomic E-state index is 14.0. The number of aromatic nitrogens is 2. The van der Waals surface area contributed by atoms with E-state index in [2.05, 4.69) is 4.98 Å². The summed E-state index contributed by atoms with van der Waals surface area (Å²) in [6.45, 7) is 0.423. The number of nitrogens with zero attached hydrogens (tertiary/aromatic N) is 2. The highest BCUT2D eigenvalue weighted by Crippen LogP contribution is 2.23. The van der Waals surface area contributed by atoms with Gasteiger partial charge in [0.1, 0.15) is 17.1 Å². The van der Waals surface area contributed by atoms with E-state index in [-0.39, 0.29) is 11.4 Å². The van der Waals surface area contributed by atoms with Crippen molar-refractivity contribution in [1.29, 1.82) is 0 Å². The van der Waals surface area contributed by atoms with Gasteiger partial charge in [-0.05, 0) is 24.3 Å². The zero-order valence-corrected chi connectivity index (χ0v) is 11.2. The minimum absolute atomic E-state index is 0.133. The van der Waals surface area contributed by atoms with Gasteiger partial charge >= 0.3 is 0 Å². The molecule has 0 aliphatic heterocycles. The molecule has 1 aromatic carbocycles. The molecule has 3 aromatic rings. The van der Waals surface area contributed by atoms with Gasteiger partial charge in [0.25, 0.3) is 0 Å². The van der Waals surface area contributed by atoms with Crippen LogP contribution in [0.4, 0.5) is 8.78 Å². The van der Waals surface area contributed by atoms with Crippen LogP contribution in [0.3, 0.4) is 0 Å². The maximum Gasteiger partial charge on any atom is 0.184 e. The molecule has 0 spiro atoms. The molecule has 0 atom stereocenters. The van der Waals surface area contributed by atoms with Crippen LogP contribution in [0.15, 0.2) is 34.9 Å². The first-order valence-corrected chi connectivity index (χ1v) is 6.65. The summed E-state index contributed by atoms with van der Waals surface area (Å²) in [5.74, 6) is -0.376. The molecule has 0 N–H and O–H groups in total. The Labute approximate surface area is 118 Å². The number of aryl methyl sites for hydroxylation is 2. The van der Waals surface area contributed by atoms with E-state index in [9.17, 15) is 8.78 Å². The van der Waals surface area contributed by atoms with Gasteiger partial charge in [0.15, 0.2) is 11.6 Å². The van der Waals surface area contributed by atoms with Crippen molar-refractivity contribution in [2.45, 2.75) is 18.8 Å². The van der Waals surface area contributed by atoms with Crippen LogP contribution in [0.5, 0.6) is 0 Å². The van der Waals surface area contributed by atoms with Crippen LogP contribution >= 0.6 is 11.6 Å². The summed E-state index contributed by atoms with van der Waals surface area (Å²) in [6, 6.07) is 6.13. The van der Waals surface area contributed by atoms with E-state index in [1.807, 2.05) is 6.07 Å². The standard InChI is InChI=1S/C14H11ClF2N2O/c15-8-12-18-11-4-3-10(16)13(17)14(11)19(12)6-5-9-2-1-7-20-9/h1-4,7H,5-6,8H2. The highest BCUT2D eigenvalue weighted by Gasteiger charge is 2.17. The van der Waals surface area contributed by atoms with Gasteiger partial charge in [-0.3, -0.25) is 0 Å². The Morgan fingerprint density at radius 3 is 2.80 bits per heavy atom. The smallest absolute Gasteiger partial charge is 0.184 e. The first kappa shape index (κ1) is 13.1. The van der Waals surface area contributed by atoms with Crippen LogP contribution in [0.2, 0.25) is 0 Å². The molecular weight excluding hydrogens is 286 g/mol. The van der Waals surface area contributed by atoms with E-state index in [4.69, 9.17) is 16.0 Å². The monoisotopic (exact) mass is 296 g/mol. The summed E-state index contributed by atoms with van der Waals surface area (Å²) in [6.07, 6.45) is 2.13. The molecule has 0 radical (unpaired) electrons. The molecule has 0 aliphatic rings. The van der Waals surface area contributed by atoms with Gasteiger partial charge in [-0.25, -0.2) is 13.8 Å². The lowest BCUT2D eigenvalue weighted by Gasteiger charge is -2.07. The van der Waals surface area contributed by atoms with E-state index in [1.54, 1.807) is 16.9 Å². The topological polar surface area (TPSA) is 31.0 Å². The van der Waals surface area contributed by atoms with Crippen LogP contribution in [-0.4, -0.2) is 9.55 Å². The van der Waals surface area contributed by atoms with Crippen LogP contribution < -0.4 is 0 Å². The fourth-order valence-electron chi connectivity index (χ4n) is 2.22. The molecule has 0 saturated carbocycles. The molecule has 2 aromatic heterocycles. The second-order valence-corrected chi connectivity index (χ2v) is 4.64. The lowest BCUT2D eigenvalue weighted by atomic mass is 10.2. The number of fused-ring (bicyclic) bond motifs is 1. The first-order valence-electron chi connectivity index (χ1n) is 6.12. The third-order valence-corrected chi connectivity index (χ3v) is 3.40. The summed E-state index contributed by atoms with van der Waals surface area (Å²) in [5.41, 5.74) is 0.547. The van der Waals surface area contributed by atoms with E-state index in [0.29, 0.717) is 24.3 Å². The van der Waals surface area contributed by atoms with Gasteiger partial charge < -0.3 is 8.98 Å². The van der Waals surface area contributed by atoms with Crippen LogP contribution in [-0.2, 0) is 18.8 Å². The number of hydrogen-bond acceptors (Lipinski definition) is 2. The molecule has 2 heterocycles. The molecule has 0 amide bonds. The Kier molecular flexibility index (Phi) is 3.44. The Bertz CT molecular complexity index is 737. The normalized spacial score (nSPS) is 11.3. The van der Waals surface area contributed by atoms with Gasteiger partial charge in [-0.1, -0.05) is 0 Å². The van der Waals surface area contributed by atoms with Gasteiger partial charge in [0.2, 0.25) is 0 Å². The molecule has 0 fully saturated rings. The van der Waals surface area contributed by atoms with Gasteiger partial charge in [0.05, 0.1) is 17.7 Å². The fraction of sp³-hybridized carbons (Fsp3) is 0.214. The number of hydrogen-bond donors (Lipinski definition) is 0. The van der Waals surface area contributed by atoms with Crippen molar-refractivity contribution < 1.29 is 13.2 Å². The van der Waals surface area contributed by atoms with Crippen LogP contribution in [0, 0.1) is 11.6 Å². The van der Waals surface area contributed by atoms with Crippen molar-refractivity contribution in [3.63, 3.8) is 0 Å². The first-order chi connectivity index (χ1) is 9.70. The van der Waals surface area contributed by atoms with E-state index >= 15 is 0 Å². The molecule has 0 aliphatic carbocycles. The second kappa shape index (κ2) is 5.25. The Morgan fingerprint density at radius 2 is 2.10 bits per heavy atom. The van der Waals surface area contributed by atoms with Gasteiger partial charge in [-0.15, -0.1) is 11.6 Å². The largest absolute Gasteiger partial charge is 0.469 e. The number of imidazole rings is 1. The molecule has 6 heteroatoms. The zero-order valence-electron chi connectivity index (χ0n) is 10.4. The molecule has 104 valence electrons. The van der Waals surface area contributed by atoms with Crippen molar-refractivity contribution in [2.24, 2.45) is 0 Å². The molecule has 20 heavy (non-hydrogen) atoms. The van der Waals surface area contributed by atoms with E-state index in [1.165, 1.54) is 6.07 Å². The van der Waals surface area contributed by atoms with Crippen molar-refractivity contribution in [3.8, 4) is 0 Å². The number of halogens is 3. The fourth-order valence-corrected chi connectivity index (χ4v) is 2.43. The minimum atomic E-state index is -0.897. The van der Waals surface area contributed by atoms with Crippen molar-refractivity contribution >= 4 is 22.6 Å². The van der Waals surface area contributed by atoms with Gasteiger partial charge in [0, 0.05) is 13.0 Å². The summed E-state index contributed by atoms with van der Waals surface area (Å²) in [5, 5.41) is 0. The Hall–Kier alpha value is -1.88. The molecule has 0 unspecified atom stereocenters. The summed E-state index contributed by atoms with van der Waals surface area (Å²) < 4.78 is 34.2. The molecular formula is C14H11ClF2N2O. The SMILES string of the molecule is Fc1ccc2nc(CCl)n(CCc3ccco3)c2c1F. The summed E-state index contributed by atoms with van der Waals surface area (Å²) in [7, 11) is 0. The quantitative estimate of drug-likeness (QED) is 0.684. The predicted octanol–water partition coefficient (Wildman–Crippen LogP) is 3.89.